The maximum absolute atomic E-state index is 12.7. The molecular weight excluding hydrogens is 356 g/mol. The molecule has 2 aromatic rings. The summed E-state index contributed by atoms with van der Waals surface area (Å²) in [6.07, 6.45) is 6.80. The zero-order chi connectivity index (χ0) is 19.9. The van der Waals surface area contributed by atoms with Crippen LogP contribution in [0.3, 0.4) is 0 Å². The number of aromatic nitrogens is 2. The lowest BCUT2D eigenvalue weighted by atomic mass is 10.1. The molecule has 0 bridgehead atoms. The zero-order valence-electron chi connectivity index (χ0n) is 16.3. The van der Waals surface area contributed by atoms with E-state index in [1.54, 1.807) is 31.2 Å². The van der Waals surface area contributed by atoms with Crippen molar-refractivity contribution in [2.75, 3.05) is 12.4 Å². The second-order valence-electron chi connectivity index (χ2n) is 7.04. The predicted octanol–water partition coefficient (Wildman–Crippen LogP) is 3.77. The summed E-state index contributed by atoms with van der Waals surface area (Å²) in [5.41, 5.74) is 1.45. The quantitative estimate of drug-likeness (QED) is 0.604. The van der Waals surface area contributed by atoms with E-state index in [4.69, 9.17) is 4.74 Å². The van der Waals surface area contributed by atoms with Crippen molar-refractivity contribution in [1.82, 2.24) is 15.3 Å². The van der Waals surface area contributed by atoms with Crippen LogP contribution in [0.1, 0.15) is 65.2 Å². The van der Waals surface area contributed by atoms with Gasteiger partial charge < -0.3 is 15.4 Å². The van der Waals surface area contributed by atoms with Gasteiger partial charge in [-0.1, -0.05) is 31.7 Å². The molecule has 1 heterocycles. The Morgan fingerprint density at radius 3 is 2.54 bits per heavy atom. The van der Waals surface area contributed by atoms with E-state index < -0.39 is 5.97 Å². The Labute approximate surface area is 164 Å². The van der Waals surface area contributed by atoms with E-state index in [2.05, 4.69) is 20.6 Å². The van der Waals surface area contributed by atoms with Crippen molar-refractivity contribution in [3.8, 4) is 0 Å². The fourth-order valence-electron chi connectivity index (χ4n) is 3.42. The summed E-state index contributed by atoms with van der Waals surface area (Å²) in [5, 5.41) is 6.24. The second-order valence-corrected chi connectivity index (χ2v) is 7.04. The molecule has 0 spiro atoms. The Balaban J connectivity index is 1.74. The number of anilines is 2. The summed E-state index contributed by atoms with van der Waals surface area (Å²) in [4.78, 5) is 33.0. The molecule has 7 heteroatoms. The highest BCUT2D eigenvalue weighted by molar-refractivity contribution is 5.93. The van der Waals surface area contributed by atoms with Crippen molar-refractivity contribution in [3.05, 3.63) is 47.4 Å². The molecule has 7 nitrogen and oxygen atoms in total. The van der Waals surface area contributed by atoms with Gasteiger partial charge in [0.1, 0.15) is 17.3 Å². The first-order chi connectivity index (χ1) is 13.5. The number of nitrogens with one attached hydrogen (secondary N) is 2. The smallest absolute Gasteiger partial charge is 0.337 e. The number of ether oxygens (including phenoxy) is 1. The van der Waals surface area contributed by atoms with Crippen LogP contribution in [0.2, 0.25) is 0 Å². The molecule has 1 aromatic carbocycles. The summed E-state index contributed by atoms with van der Waals surface area (Å²) in [7, 11) is 1.34. The summed E-state index contributed by atoms with van der Waals surface area (Å²) >= 11 is 0. The normalized spacial score (nSPS) is 14.8. The minimum atomic E-state index is -0.411. The molecule has 1 aliphatic carbocycles. The lowest BCUT2D eigenvalue weighted by Gasteiger charge is -2.16. The van der Waals surface area contributed by atoms with Crippen molar-refractivity contribution < 1.29 is 14.3 Å². The number of rotatable bonds is 5. The molecule has 148 valence electrons. The summed E-state index contributed by atoms with van der Waals surface area (Å²) < 4.78 is 4.75. The molecule has 28 heavy (non-hydrogen) atoms. The Morgan fingerprint density at radius 2 is 1.82 bits per heavy atom. The van der Waals surface area contributed by atoms with E-state index in [1.807, 2.05) is 6.07 Å². The van der Waals surface area contributed by atoms with E-state index in [0.717, 1.165) is 25.7 Å². The summed E-state index contributed by atoms with van der Waals surface area (Å²) in [6, 6.07) is 8.75. The monoisotopic (exact) mass is 382 g/mol. The van der Waals surface area contributed by atoms with Gasteiger partial charge in [0.2, 0.25) is 0 Å². The average Bonchev–Trinajstić information content (AvgIpc) is 2.95. The minimum Gasteiger partial charge on any atom is -0.465 e. The average molecular weight is 382 g/mol. The first-order valence-electron chi connectivity index (χ1n) is 9.67. The first kappa shape index (κ1) is 19.8. The number of carbonyl (C=O) groups excluding carboxylic acids is 2. The van der Waals surface area contributed by atoms with Gasteiger partial charge in [0.05, 0.1) is 12.7 Å². The van der Waals surface area contributed by atoms with E-state index in [9.17, 15) is 9.59 Å². The Hall–Kier alpha value is -2.96. The highest BCUT2D eigenvalue weighted by Crippen LogP contribution is 2.19. The van der Waals surface area contributed by atoms with Gasteiger partial charge in [-0.25, -0.2) is 14.8 Å². The van der Waals surface area contributed by atoms with Crippen molar-refractivity contribution in [2.45, 2.75) is 51.5 Å². The van der Waals surface area contributed by atoms with E-state index >= 15 is 0 Å². The maximum Gasteiger partial charge on any atom is 0.337 e. The van der Waals surface area contributed by atoms with Crippen molar-refractivity contribution in [3.63, 3.8) is 0 Å². The molecule has 0 aliphatic heterocycles. The predicted molar refractivity (Wildman–Crippen MR) is 107 cm³/mol. The zero-order valence-corrected chi connectivity index (χ0v) is 16.3. The van der Waals surface area contributed by atoms with Gasteiger partial charge in [0.25, 0.3) is 5.91 Å². The Morgan fingerprint density at radius 1 is 1.07 bits per heavy atom. The van der Waals surface area contributed by atoms with Crippen molar-refractivity contribution in [1.29, 1.82) is 0 Å². The summed E-state index contributed by atoms with van der Waals surface area (Å²) in [6.45, 7) is 1.75. The van der Waals surface area contributed by atoms with Crippen molar-refractivity contribution >= 4 is 23.4 Å². The van der Waals surface area contributed by atoms with Gasteiger partial charge >= 0.3 is 5.97 Å². The minimum absolute atomic E-state index is 0.177. The molecule has 0 radical (unpaired) electrons. The molecule has 1 saturated carbocycles. The molecule has 0 unspecified atom stereocenters. The van der Waals surface area contributed by atoms with Gasteiger partial charge in [-0.05, 0) is 38.0 Å². The Kier molecular flexibility index (Phi) is 6.57. The third-order valence-corrected chi connectivity index (χ3v) is 4.82. The van der Waals surface area contributed by atoms with Gasteiger partial charge in [0, 0.05) is 17.8 Å². The fraction of sp³-hybridized carbons (Fsp3) is 0.429. The number of amides is 1. The fourth-order valence-corrected chi connectivity index (χ4v) is 3.42. The third kappa shape index (κ3) is 5.28. The van der Waals surface area contributed by atoms with Crippen LogP contribution in [-0.4, -0.2) is 35.0 Å². The number of nitrogens with zero attached hydrogens (tertiary/aromatic N) is 2. The maximum atomic E-state index is 12.7. The molecule has 1 fully saturated rings. The standard InChI is InChI=1S/C21H26N4O3/c1-14-22-18(20(26)25-16-9-5-3-4-6-10-16)13-19(23-14)24-17-11-7-8-15(12-17)21(27)28-2/h7-8,11-13,16H,3-6,9-10H2,1-2H3,(H,25,26)(H,22,23,24). The van der Waals surface area contributed by atoms with Crippen LogP contribution in [0.4, 0.5) is 11.5 Å². The van der Waals surface area contributed by atoms with Crippen LogP contribution in [-0.2, 0) is 4.74 Å². The first-order valence-corrected chi connectivity index (χ1v) is 9.67. The van der Waals surface area contributed by atoms with Gasteiger partial charge in [-0.2, -0.15) is 0 Å². The van der Waals surface area contributed by atoms with Crippen LogP contribution in [0.25, 0.3) is 0 Å². The molecule has 1 aromatic heterocycles. The van der Waals surface area contributed by atoms with E-state index in [-0.39, 0.29) is 11.9 Å². The van der Waals surface area contributed by atoms with Crippen LogP contribution in [0.15, 0.2) is 30.3 Å². The van der Waals surface area contributed by atoms with Gasteiger partial charge in [0.15, 0.2) is 0 Å². The SMILES string of the molecule is COC(=O)c1cccc(Nc2cc(C(=O)NC3CCCCCC3)nc(C)n2)c1. The third-order valence-electron chi connectivity index (χ3n) is 4.82. The largest absolute Gasteiger partial charge is 0.465 e. The van der Waals surface area contributed by atoms with Gasteiger partial charge in [-0.15, -0.1) is 0 Å². The van der Waals surface area contributed by atoms with Crippen LogP contribution in [0, 0.1) is 6.92 Å². The number of hydrogen-bond acceptors (Lipinski definition) is 6. The molecule has 1 amide bonds. The van der Waals surface area contributed by atoms with E-state index in [1.165, 1.54) is 20.0 Å². The lowest BCUT2D eigenvalue weighted by Crippen LogP contribution is -2.35. The summed E-state index contributed by atoms with van der Waals surface area (Å²) in [5.74, 6) is 0.412. The molecule has 0 saturated heterocycles. The highest BCUT2D eigenvalue weighted by atomic mass is 16.5. The van der Waals surface area contributed by atoms with Crippen LogP contribution in [0.5, 0.6) is 0 Å². The van der Waals surface area contributed by atoms with Crippen molar-refractivity contribution in [2.24, 2.45) is 0 Å². The van der Waals surface area contributed by atoms with Crippen LogP contribution >= 0.6 is 0 Å². The second kappa shape index (κ2) is 9.30. The molecule has 0 atom stereocenters. The Bertz CT molecular complexity index is 845. The number of methoxy groups -OCH3 is 1. The molecular formula is C21H26N4O3. The van der Waals surface area contributed by atoms with E-state index in [0.29, 0.717) is 28.6 Å². The molecule has 1 aliphatic rings. The van der Waals surface area contributed by atoms with Gasteiger partial charge in [-0.3, -0.25) is 4.79 Å². The number of carbonyl (C=O) groups is 2. The lowest BCUT2D eigenvalue weighted by molar-refractivity contribution is 0.0600. The highest BCUT2D eigenvalue weighted by Gasteiger charge is 2.18. The van der Waals surface area contributed by atoms with Crippen LogP contribution < -0.4 is 10.6 Å². The number of aryl methyl sites for hydroxylation is 1. The topological polar surface area (TPSA) is 93.2 Å². The number of esters is 1. The molecule has 3 rings (SSSR count). The number of benzene rings is 1. The number of hydrogen-bond donors (Lipinski definition) is 2. The molecule has 2 N–H and O–H groups in total.